The number of ether oxygens (including phenoxy) is 2. The number of imidazole rings is 1. The van der Waals surface area contributed by atoms with Crippen molar-refractivity contribution in [3.05, 3.63) is 28.9 Å². The lowest BCUT2D eigenvalue weighted by Gasteiger charge is -1.99. The van der Waals surface area contributed by atoms with E-state index < -0.39 is 0 Å². The summed E-state index contributed by atoms with van der Waals surface area (Å²) in [5.74, 6) is 1.45. The van der Waals surface area contributed by atoms with Crippen molar-refractivity contribution in [1.82, 2.24) is 14.6 Å². The van der Waals surface area contributed by atoms with Gasteiger partial charge in [0.2, 0.25) is 4.96 Å². The van der Waals surface area contributed by atoms with Gasteiger partial charge in [0.1, 0.15) is 17.0 Å². The quantitative estimate of drug-likeness (QED) is 0.538. The zero-order valence-electron chi connectivity index (χ0n) is 11.7. The third kappa shape index (κ3) is 2.06. The van der Waals surface area contributed by atoms with Gasteiger partial charge in [0.15, 0.2) is 5.76 Å². The van der Waals surface area contributed by atoms with E-state index in [0.717, 1.165) is 31.8 Å². The molecule has 1 aromatic carbocycles. The van der Waals surface area contributed by atoms with E-state index >= 15 is 0 Å². The summed E-state index contributed by atoms with van der Waals surface area (Å²) < 4.78 is 18.8. The molecule has 112 valence electrons. The summed E-state index contributed by atoms with van der Waals surface area (Å²) in [6.07, 6.45) is 1.82. The lowest BCUT2D eigenvalue weighted by molar-refractivity contribution is 0.405. The number of benzene rings is 1. The fraction of sp³-hybridized carbons (Fsp3) is 0.143. The minimum atomic E-state index is 0.575. The largest absolute Gasteiger partial charge is 0.497 e. The Bertz CT molecular complexity index is 957. The van der Waals surface area contributed by atoms with Crippen LogP contribution in [0.15, 0.2) is 33.3 Å². The third-order valence-corrected chi connectivity index (χ3v) is 4.70. The second kappa shape index (κ2) is 4.99. The first-order valence-electron chi connectivity index (χ1n) is 6.35. The second-order valence-electron chi connectivity index (χ2n) is 4.56. The number of hydrogen-bond donors (Lipinski definition) is 0. The van der Waals surface area contributed by atoms with E-state index in [1.165, 1.54) is 11.3 Å². The first-order valence-corrected chi connectivity index (χ1v) is 7.96. The SMILES string of the molecule is COc1cc(Br)c2oc(-c3cn4nc(OC)sc4n3)cc2c1. The van der Waals surface area contributed by atoms with Crippen LogP contribution in [0.4, 0.5) is 0 Å². The first-order chi connectivity index (χ1) is 10.7. The van der Waals surface area contributed by atoms with Crippen LogP contribution in [0.5, 0.6) is 10.9 Å². The summed E-state index contributed by atoms with van der Waals surface area (Å²) in [5, 5.41) is 5.78. The Kier molecular flexibility index (Phi) is 3.08. The molecule has 0 spiro atoms. The minimum Gasteiger partial charge on any atom is -0.497 e. The third-order valence-electron chi connectivity index (χ3n) is 3.23. The number of furan rings is 1. The number of rotatable bonds is 3. The molecule has 0 unspecified atom stereocenters. The van der Waals surface area contributed by atoms with Crippen LogP contribution in [0.2, 0.25) is 0 Å². The van der Waals surface area contributed by atoms with Gasteiger partial charge in [0, 0.05) is 5.39 Å². The zero-order chi connectivity index (χ0) is 15.3. The molecule has 3 heterocycles. The molecule has 0 atom stereocenters. The highest BCUT2D eigenvalue weighted by Gasteiger charge is 2.15. The highest BCUT2D eigenvalue weighted by Crippen LogP contribution is 2.35. The Labute approximate surface area is 137 Å². The molecule has 0 N–H and O–H groups in total. The second-order valence-corrected chi connectivity index (χ2v) is 6.34. The van der Waals surface area contributed by atoms with Crippen molar-refractivity contribution in [2.75, 3.05) is 14.2 Å². The van der Waals surface area contributed by atoms with Gasteiger partial charge in [-0.1, -0.05) is 0 Å². The average molecular weight is 380 g/mol. The summed E-state index contributed by atoms with van der Waals surface area (Å²) in [7, 11) is 3.22. The number of nitrogens with zero attached hydrogens (tertiary/aromatic N) is 3. The Hall–Kier alpha value is -2.06. The van der Waals surface area contributed by atoms with Crippen molar-refractivity contribution in [3.63, 3.8) is 0 Å². The van der Waals surface area contributed by atoms with E-state index in [-0.39, 0.29) is 0 Å². The maximum absolute atomic E-state index is 5.91. The molecule has 0 aliphatic carbocycles. The molecule has 6 nitrogen and oxygen atoms in total. The number of methoxy groups -OCH3 is 2. The Morgan fingerprint density at radius 2 is 2.09 bits per heavy atom. The predicted octanol–water partition coefficient (Wildman–Crippen LogP) is 3.98. The van der Waals surface area contributed by atoms with Crippen molar-refractivity contribution < 1.29 is 13.9 Å². The molecule has 0 aliphatic heterocycles. The van der Waals surface area contributed by atoms with Crippen molar-refractivity contribution in [2.45, 2.75) is 0 Å². The zero-order valence-corrected chi connectivity index (χ0v) is 14.1. The first kappa shape index (κ1) is 13.6. The van der Waals surface area contributed by atoms with E-state index in [1.807, 2.05) is 24.4 Å². The van der Waals surface area contributed by atoms with Gasteiger partial charge in [0.25, 0.3) is 5.19 Å². The molecule has 4 rings (SSSR count). The molecule has 0 fully saturated rings. The maximum atomic E-state index is 5.91. The van der Waals surface area contributed by atoms with Gasteiger partial charge in [-0.2, -0.15) is 0 Å². The highest BCUT2D eigenvalue weighted by molar-refractivity contribution is 9.10. The molecule has 0 amide bonds. The molecule has 0 radical (unpaired) electrons. The monoisotopic (exact) mass is 379 g/mol. The molecule has 22 heavy (non-hydrogen) atoms. The summed E-state index contributed by atoms with van der Waals surface area (Å²) in [5.41, 5.74) is 1.49. The van der Waals surface area contributed by atoms with Crippen LogP contribution in [-0.4, -0.2) is 28.8 Å². The lowest BCUT2D eigenvalue weighted by atomic mass is 10.2. The number of fused-ring (bicyclic) bond motifs is 2. The van der Waals surface area contributed by atoms with E-state index in [4.69, 9.17) is 13.9 Å². The van der Waals surface area contributed by atoms with Crippen LogP contribution < -0.4 is 9.47 Å². The Morgan fingerprint density at radius 3 is 2.82 bits per heavy atom. The van der Waals surface area contributed by atoms with Crippen molar-refractivity contribution in [1.29, 1.82) is 0 Å². The molecule has 0 saturated carbocycles. The topological polar surface area (TPSA) is 61.8 Å². The van der Waals surface area contributed by atoms with E-state index in [2.05, 4.69) is 26.0 Å². The predicted molar refractivity (Wildman–Crippen MR) is 86.9 cm³/mol. The summed E-state index contributed by atoms with van der Waals surface area (Å²) in [6.45, 7) is 0. The summed E-state index contributed by atoms with van der Waals surface area (Å²) in [4.78, 5) is 5.27. The normalized spacial score (nSPS) is 11.4. The van der Waals surface area contributed by atoms with Gasteiger partial charge >= 0.3 is 0 Å². The maximum Gasteiger partial charge on any atom is 0.294 e. The molecule has 0 aliphatic rings. The van der Waals surface area contributed by atoms with Crippen LogP contribution in [0.3, 0.4) is 0 Å². The highest BCUT2D eigenvalue weighted by atomic mass is 79.9. The van der Waals surface area contributed by atoms with Crippen LogP contribution in [-0.2, 0) is 0 Å². The minimum absolute atomic E-state index is 0.575. The fourth-order valence-corrected chi connectivity index (χ4v) is 3.45. The van der Waals surface area contributed by atoms with E-state index in [0.29, 0.717) is 11.0 Å². The number of aromatic nitrogens is 3. The number of halogens is 1. The van der Waals surface area contributed by atoms with Gasteiger partial charge in [-0.15, -0.1) is 5.10 Å². The van der Waals surface area contributed by atoms with Gasteiger partial charge in [-0.25, -0.2) is 9.50 Å². The van der Waals surface area contributed by atoms with Crippen molar-refractivity contribution in [3.8, 4) is 22.4 Å². The van der Waals surface area contributed by atoms with Crippen molar-refractivity contribution >= 4 is 43.2 Å². The molecular weight excluding hydrogens is 370 g/mol. The average Bonchev–Trinajstić information content (AvgIpc) is 3.18. The Balaban J connectivity index is 1.84. The number of hydrogen-bond acceptors (Lipinski definition) is 6. The molecule has 4 aromatic rings. The van der Waals surface area contributed by atoms with Crippen molar-refractivity contribution in [2.24, 2.45) is 0 Å². The lowest BCUT2D eigenvalue weighted by Crippen LogP contribution is -1.84. The molecule has 8 heteroatoms. The van der Waals surface area contributed by atoms with E-state index in [9.17, 15) is 0 Å². The van der Waals surface area contributed by atoms with Gasteiger partial charge < -0.3 is 13.9 Å². The fourth-order valence-electron chi connectivity index (χ4n) is 2.21. The van der Waals surface area contributed by atoms with Crippen LogP contribution >= 0.6 is 27.3 Å². The van der Waals surface area contributed by atoms with E-state index in [1.54, 1.807) is 18.7 Å². The van der Waals surface area contributed by atoms with Gasteiger partial charge in [-0.05, 0) is 45.5 Å². The molecule has 0 saturated heterocycles. The van der Waals surface area contributed by atoms with Crippen LogP contribution in [0, 0.1) is 0 Å². The summed E-state index contributed by atoms with van der Waals surface area (Å²) >= 11 is 4.87. The van der Waals surface area contributed by atoms with Crippen LogP contribution in [0.25, 0.3) is 27.4 Å². The smallest absolute Gasteiger partial charge is 0.294 e. The standard InChI is InChI=1S/C14H10BrN3O3S/c1-19-8-3-7-4-11(21-12(7)9(15)5-8)10-6-18-13(16-10)22-14(17-18)20-2/h3-6H,1-2H3. The summed E-state index contributed by atoms with van der Waals surface area (Å²) in [6, 6.07) is 5.73. The molecule has 0 bridgehead atoms. The molecular formula is C14H10BrN3O3S. The van der Waals surface area contributed by atoms with Gasteiger partial charge in [-0.3, -0.25) is 0 Å². The van der Waals surface area contributed by atoms with Gasteiger partial charge in [0.05, 0.1) is 24.9 Å². The van der Waals surface area contributed by atoms with Crippen LogP contribution in [0.1, 0.15) is 0 Å². The Morgan fingerprint density at radius 1 is 1.23 bits per heavy atom. The molecule has 3 aromatic heterocycles.